The van der Waals surface area contributed by atoms with Crippen LogP contribution in [0.2, 0.25) is 0 Å². The number of aryl methyl sites for hydroxylation is 1. The third-order valence-corrected chi connectivity index (χ3v) is 4.19. The normalized spacial score (nSPS) is 16.7. The first-order valence-electron chi connectivity index (χ1n) is 8.09. The van der Waals surface area contributed by atoms with Gasteiger partial charge in [0.15, 0.2) is 0 Å². The van der Waals surface area contributed by atoms with Gasteiger partial charge >= 0.3 is 0 Å². The van der Waals surface area contributed by atoms with Crippen LogP contribution in [0.25, 0.3) is 0 Å². The maximum absolute atomic E-state index is 5.13. The first-order valence-corrected chi connectivity index (χ1v) is 8.09. The molecule has 2 aromatic rings. The lowest BCUT2D eigenvalue weighted by Crippen LogP contribution is -2.30. The topological polar surface area (TPSA) is 54.2 Å². The zero-order chi connectivity index (χ0) is 15.4. The summed E-state index contributed by atoms with van der Waals surface area (Å²) in [4.78, 5) is 6.91. The maximum Gasteiger partial charge on any atom is 0.133 e. The lowest BCUT2D eigenvalue weighted by Gasteiger charge is -2.28. The number of hydrogen-bond acceptors (Lipinski definition) is 5. The van der Waals surface area contributed by atoms with E-state index in [9.17, 15) is 0 Å². The molecule has 5 nitrogen and oxygen atoms in total. The minimum Gasteiger partial charge on any atom is -0.361 e. The Hall–Kier alpha value is -1.88. The van der Waals surface area contributed by atoms with Crippen molar-refractivity contribution in [2.24, 2.45) is 0 Å². The number of aromatic nitrogens is 2. The van der Waals surface area contributed by atoms with Crippen LogP contribution in [-0.4, -0.2) is 23.2 Å². The molecule has 1 N–H and O–H groups in total. The van der Waals surface area contributed by atoms with Crippen LogP contribution in [-0.2, 0) is 6.54 Å². The predicted octanol–water partition coefficient (Wildman–Crippen LogP) is 3.22. The van der Waals surface area contributed by atoms with Crippen molar-refractivity contribution in [2.75, 3.05) is 18.0 Å². The highest BCUT2D eigenvalue weighted by molar-refractivity contribution is 5.41. The standard InChI is InChI=1S/C17H24N4O/c1-13-10-16(20-22-13)14(2)19-12-15-6-7-18-17(11-15)21-8-4-3-5-9-21/h6-7,10-11,14,19H,3-5,8-9,12H2,1-2H3. The van der Waals surface area contributed by atoms with Gasteiger partial charge in [0.25, 0.3) is 0 Å². The van der Waals surface area contributed by atoms with Gasteiger partial charge in [-0.25, -0.2) is 4.98 Å². The predicted molar refractivity (Wildman–Crippen MR) is 86.8 cm³/mol. The van der Waals surface area contributed by atoms with E-state index in [1.54, 1.807) is 0 Å². The third-order valence-electron chi connectivity index (χ3n) is 4.19. The van der Waals surface area contributed by atoms with E-state index in [-0.39, 0.29) is 6.04 Å². The van der Waals surface area contributed by atoms with Gasteiger partial charge in [-0.15, -0.1) is 0 Å². The molecule has 2 aromatic heterocycles. The van der Waals surface area contributed by atoms with Gasteiger partial charge in [-0.2, -0.15) is 0 Å². The summed E-state index contributed by atoms with van der Waals surface area (Å²) >= 11 is 0. The Morgan fingerprint density at radius 1 is 1.27 bits per heavy atom. The summed E-state index contributed by atoms with van der Waals surface area (Å²) in [6.45, 7) is 7.06. The molecule has 1 saturated heterocycles. The van der Waals surface area contributed by atoms with Crippen molar-refractivity contribution in [2.45, 2.75) is 45.7 Å². The zero-order valence-electron chi connectivity index (χ0n) is 13.4. The van der Waals surface area contributed by atoms with Crippen molar-refractivity contribution >= 4 is 5.82 Å². The molecule has 5 heteroatoms. The van der Waals surface area contributed by atoms with Gasteiger partial charge < -0.3 is 14.7 Å². The van der Waals surface area contributed by atoms with Gasteiger partial charge in [-0.3, -0.25) is 0 Å². The van der Waals surface area contributed by atoms with E-state index in [1.807, 2.05) is 19.2 Å². The molecular weight excluding hydrogens is 276 g/mol. The number of nitrogens with zero attached hydrogens (tertiary/aromatic N) is 3. The highest BCUT2D eigenvalue weighted by Crippen LogP contribution is 2.19. The molecule has 0 spiro atoms. The summed E-state index contributed by atoms with van der Waals surface area (Å²) in [5, 5.41) is 7.55. The summed E-state index contributed by atoms with van der Waals surface area (Å²) in [7, 11) is 0. The number of rotatable bonds is 5. The molecule has 0 bridgehead atoms. The van der Waals surface area contributed by atoms with Crippen molar-refractivity contribution in [1.29, 1.82) is 0 Å². The van der Waals surface area contributed by atoms with Crippen LogP contribution < -0.4 is 10.2 Å². The molecule has 0 amide bonds. The van der Waals surface area contributed by atoms with Crippen molar-refractivity contribution in [3.05, 3.63) is 41.4 Å². The summed E-state index contributed by atoms with van der Waals surface area (Å²) in [5.74, 6) is 1.95. The molecular formula is C17H24N4O. The molecule has 0 radical (unpaired) electrons. The fraction of sp³-hybridized carbons (Fsp3) is 0.529. The zero-order valence-corrected chi connectivity index (χ0v) is 13.4. The van der Waals surface area contributed by atoms with Gasteiger partial charge in [-0.05, 0) is 50.8 Å². The van der Waals surface area contributed by atoms with E-state index >= 15 is 0 Å². The second kappa shape index (κ2) is 6.92. The summed E-state index contributed by atoms with van der Waals surface area (Å²) in [6, 6.07) is 6.41. The third kappa shape index (κ3) is 3.65. The Bertz CT molecular complexity index is 604. The molecule has 1 unspecified atom stereocenters. The first kappa shape index (κ1) is 15.0. The van der Waals surface area contributed by atoms with Crippen LogP contribution in [0.15, 0.2) is 28.9 Å². The maximum atomic E-state index is 5.13. The molecule has 118 valence electrons. The molecule has 3 heterocycles. The Morgan fingerprint density at radius 3 is 2.82 bits per heavy atom. The molecule has 1 aliphatic rings. The molecule has 22 heavy (non-hydrogen) atoms. The number of nitrogens with one attached hydrogen (secondary N) is 1. The van der Waals surface area contributed by atoms with E-state index in [1.165, 1.54) is 24.8 Å². The first-order chi connectivity index (χ1) is 10.7. The molecule has 3 rings (SSSR count). The average molecular weight is 300 g/mol. The second-order valence-electron chi connectivity index (χ2n) is 6.04. The average Bonchev–Trinajstić information content (AvgIpc) is 3.00. The Morgan fingerprint density at radius 2 is 2.09 bits per heavy atom. The molecule has 1 fully saturated rings. The lowest BCUT2D eigenvalue weighted by molar-refractivity contribution is 0.380. The van der Waals surface area contributed by atoms with E-state index in [0.29, 0.717) is 0 Å². The number of anilines is 1. The van der Waals surface area contributed by atoms with E-state index in [4.69, 9.17) is 4.52 Å². The quantitative estimate of drug-likeness (QED) is 0.919. The van der Waals surface area contributed by atoms with Gasteiger partial charge in [0.1, 0.15) is 17.3 Å². The monoisotopic (exact) mass is 300 g/mol. The van der Waals surface area contributed by atoms with Crippen molar-refractivity contribution in [1.82, 2.24) is 15.5 Å². The van der Waals surface area contributed by atoms with E-state index in [2.05, 4.69) is 39.4 Å². The molecule has 1 aliphatic heterocycles. The van der Waals surface area contributed by atoms with Crippen molar-refractivity contribution < 1.29 is 4.52 Å². The van der Waals surface area contributed by atoms with Gasteiger partial charge in [0.05, 0.1) is 6.04 Å². The Balaban J connectivity index is 1.60. The highest BCUT2D eigenvalue weighted by Gasteiger charge is 2.13. The van der Waals surface area contributed by atoms with Crippen molar-refractivity contribution in [3.8, 4) is 0 Å². The van der Waals surface area contributed by atoms with Crippen molar-refractivity contribution in [3.63, 3.8) is 0 Å². The van der Waals surface area contributed by atoms with Crippen LogP contribution in [0.5, 0.6) is 0 Å². The number of piperidine rings is 1. The van der Waals surface area contributed by atoms with Crippen LogP contribution in [0, 0.1) is 6.92 Å². The summed E-state index contributed by atoms with van der Waals surface area (Å²) in [6.07, 6.45) is 5.79. The molecule has 0 aromatic carbocycles. The fourth-order valence-electron chi connectivity index (χ4n) is 2.83. The van der Waals surface area contributed by atoms with Crippen LogP contribution in [0.3, 0.4) is 0 Å². The molecule has 1 atom stereocenters. The smallest absolute Gasteiger partial charge is 0.133 e. The minimum atomic E-state index is 0.170. The van der Waals surface area contributed by atoms with E-state index in [0.717, 1.165) is 36.9 Å². The highest BCUT2D eigenvalue weighted by atomic mass is 16.5. The van der Waals surface area contributed by atoms with Crippen LogP contribution in [0.4, 0.5) is 5.82 Å². The fourth-order valence-corrected chi connectivity index (χ4v) is 2.83. The minimum absolute atomic E-state index is 0.170. The summed E-state index contributed by atoms with van der Waals surface area (Å²) in [5.41, 5.74) is 2.20. The molecule has 0 saturated carbocycles. The van der Waals surface area contributed by atoms with E-state index < -0.39 is 0 Å². The van der Waals surface area contributed by atoms with Crippen LogP contribution >= 0.6 is 0 Å². The van der Waals surface area contributed by atoms with Gasteiger partial charge in [0, 0.05) is 31.9 Å². The lowest BCUT2D eigenvalue weighted by atomic mass is 10.1. The molecule has 0 aliphatic carbocycles. The van der Waals surface area contributed by atoms with Crippen LogP contribution in [0.1, 0.15) is 49.2 Å². The second-order valence-corrected chi connectivity index (χ2v) is 6.04. The number of pyridine rings is 1. The largest absolute Gasteiger partial charge is 0.361 e. The van der Waals surface area contributed by atoms with Gasteiger partial charge in [-0.1, -0.05) is 5.16 Å². The Kier molecular flexibility index (Phi) is 4.73. The Labute approximate surface area is 131 Å². The van der Waals surface area contributed by atoms with Gasteiger partial charge in [0.2, 0.25) is 0 Å². The number of hydrogen-bond donors (Lipinski definition) is 1. The summed E-state index contributed by atoms with van der Waals surface area (Å²) < 4.78 is 5.13. The SMILES string of the molecule is Cc1cc(C(C)NCc2ccnc(N3CCCCC3)c2)no1.